The molecule has 0 bridgehead atoms. The standard InChI is InChI=1S/C12H22N4O2/c13-11(17)7-16(10-3-5-14-6-4-10)8-12(18)15-9-1-2-9/h9-10,14H,1-8H2,(H2,13,17)(H,15,18). The first kappa shape index (κ1) is 13.3. The molecular formula is C12H22N4O2. The molecule has 2 aliphatic rings. The van der Waals surface area contributed by atoms with Gasteiger partial charge in [-0.3, -0.25) is 14.5 Å². The van der Waals surface area contributed by atoms with E-state index in [1.165, 1.54) is 0 Å². The summed E-state index contributed by atoms with van der Waals surface area (Å²) in [6, 6.07) is 0.643. The van der Waals surface area contributed by atoms with Crippen molar-refractivity contribution in [1.29, 1.82) is 0 Å². The third-order valence-corrected chi connectivity index (χ3v) is 3.47. The highest BCUT2D eigenvalue weighted by molar-refractivity contribution is 5.80. The van der Waals surface area contributed by atoms with Crippen molar-refractivity contribution in [3.05, 3.63) is 0 Å². The maximum Gasteiger partial charge on any atom is 0.234 e. The lowest BCUT2D eigenvalue weighted by molar-refractivity contribution is -0.125. The molecule has 0 aromatic carbocycles. The third-order valence-electron chi connectivity index (χ3n) is 3.47. The van der Waals surface area contributed by atoms with Crippen LogP contribution >= 0.6 is 0 Å². The van der Waals surface area contributed by atoms with Gasteiger partial charge in [0.15, 0.2) is 0 Å². The molecule has 2 amide bonds. The van der Waals surface area contributed by atoms with Crippen molar-refractivity contribution in [2.45, 2.75) is 37.8 Å². The van der Waals surface area contributed by atoms with E-state index in [0.717, 1.165) is 38.8 Å². The van der Waals surface area contributed by atoms with Gasteiger partial charge in [-0.15, -0.1) is 0 Å². The van der Waals surface area contributed by atoms with Crippen LogP contribution in [0.25, 0.3) is 0 Å². The van der Waals surface area contributed by atoms with Gasteiger partial charge < -0.3 is 16.4 Å². The number of hydrogen-bond donors (Lipinski definition) is 3. The summed E-state index contributed by atoms with van der Waals surface area (Å²) < 4.78 is 0. The van der Waals surface area contributed by atoms with Gasteiger partial charge >= 0.3 is 0 Å². The normalized spacial score (nSPS) is 20.9. The average molecular weight is 254 g/mol. The van der Waals surface area contributed by atoms with E-state index in [0.29, 0.717) is 6.04 Å². The fraction of sp³-hybridized carbons (Fsp3) is 0.833. The minimum absolute atomic E-state index is 0.0114. The molecule has 6 heteroatoms. The van der Waals surface area contributed by atoms with E-state index in [4.69, 9.17) is 5.73 Å². The molecule has 0 unspecified atom stereocenters. The van der Waals surface area contributed by atoms with Gasteiger partial charge in [0, 0.05) is 12.1 Å². The second kappa shape index (κ2) is 6.15. The summed E-state index contributed by atoms with van der Waals surface area (Å²) in [4.78, 5) is 24.8. The first-order valence-corrected chi connectivity index (χ1v) is 6.67. The second-order valence-corrected chi connectivity index (χ2v) is 5.19. The van der Waals surface area contributed by atoms with E-state index < -0.39 is 0 Å². The lowest BCUT2D eigenvalue weighted by atomic mass is 10.0. The zero-order valence-corrected chi connectivity index (χ0v) is 10.7. The van der Waals surface area contributed by atoms with Gasteiger partial charge in [-0.2, -0.15) is 0 Å². The van der Waals surface area contributed by atoms with Crippen LogP contribution in [0.5, 0.6) is 0 Å². The summed E-state index contributed by atoms with van der Waals surface area (Å²) in [5.41, 5.74) is 5.26. The molecule has 0 atom stereocenters. The van der Waals surface area contributed by atoms with E-state index >= 15 is 0 Å². The third kappa shape index (κ3) is 4.27. The van der Waals surface area contributed by atoms with Crippen molar-refractivity contribution < 1.29 is 9.59 Å². The molecule has 0 radical (unpaired) electrons. The largest absolute Gasteiger partial charge is 0.369 e. The Morgan fingerprint density at radius 3 is 2.39 bits per heavy atom. The van der Waals surface area contributed by atoms with Crippen molar-refractivity contribution in [3.8, 4) is 0 Å². The molecule has 6 nitrogen and oxygen atoms in total. The van der Waals surface area contributed by atoms with Gasteiger partial charge in [0.25, 0.3) is 0 Å². The van der Waals surface area contributed by atoms with Crippen LogP contribution in [0.2, 0.25) is 0 Å². The van der Waals surface area contributed by atoms with Crippen LogP contribution in [0.4, 0.5) is 0 Å². The predicted octanol–water partition coefficient (Wildman–Crippen LogP) is -1.20. The zero-order valence-electron chi connectivity index (χ0n) is 10.7. The van der Waals surface area contributed by atoms with Gasteiger partial charge in [-0.1, -0.05) is 0 Å². The van der Waals surface area contributed by atoms with Crippen LogP contribution < -0.4 is 16.4 Å². The fourth-order valence-corrected chi connectivity index (χ4v) is 2.37. The Hall–Kier alpha value is -1.14. The predicted molar refractivity (Wildman–Crippen MR) is 67.8 cm³/mol. The molecule has 4 N–H and O–H groups in total. The Kier molecular flexibility index (Phi) is 4.54. The number of carbonyl (C=O) groups is 2. The number of nitrogens with two attached hydrogens (primary N) is 1. The summed E-state index contributed by atoms with van der Waals surface area (Å²) in [5, 5.41) is 6.22. The number of nitrogens with zero attached hydrogens (tertiary/aromatic N) is 1. The first-order valence-electron chi connectivity index (χ1n) is 6.67. The number of nitrogens with one attached hydrogen (secondary N) is 2. The molecule has 0 aromatic heterocycles. The average Bonchev–Trinajstić information content (AvgIpc) is 3.12. The lowest BCUT2D eigenvalue weighted by Gasteiger charge is -2.33. The number of rotatable bonds is 6. The number of hydrogen-bond acceptors (Lipinski definition) is 4. The van der Waals surface area contributed by atoms with Gasteiger partial charge in [0.1, 0.15) is 0 Å². The van der Waals surface area contributed by atoms with Crippen LogP contribution in [0.15, 0.2) is 0 Å². The summed E-state index contributed by atoms with van der Waals surface area (Å²) in [6.45, 7) is 2.32. The van der Waals surface area contributed by atoms with E-state index in [2.05, 4.69) is 10.6 Å². The molecule has 1 aliphatic carbocycles. The number of carbonyl (C=O) groups excluding carboxylic acids is 2. The summed E-state index contributed by atoms with van der Waals surface area (Å²) in [5.74, 6) is -0.356. The molecule has 18 heavy (non-hydrogen) atoms. The molecule has 102 valence electrons. The lowest BCUT2D eigenvalue weighted by Crippen LogP contribution is -2.50. The fourth-order valence-electron chi connectivity index (χ4n) is 2.37. The van der Waals surface area contributed by atoms with E-state index in [1.54, 1.807) is 0 Å². The van der Waals surface area contributed by atoms with Crippen LogP contribution in [0.1, 0.15) is 25.7 Å². The van der Waals surface area contributed by atoms with E-state index in [1.807, 2.05) is 4.90 Å². The van der Waals surface area contributed by atoms with Crippen molar-refractivity contribution >= 4 is 11.8 Å². The Balaban J connectivity index is 1.85. The monoisotopic (exact) mass is 254 g/mol. The van der Waals surface area contributed by atoms with Crippen molar-refractivity contribution in [2.24, 2.45) is 5.73 Å². The SMILES string of the molecule is NC(=O)CN(CC(=O)NC1CC1)C1CCNCC1. The quantitative estimate of drug-likeness (QED) is 0.556. The minimum atomic E-state index is -0.368. The number of primary amides is 1. The van der Waals surface area contributed by atoms with Crippen LogP contribution in [-0.2, 0) is 9.59 Å². The van der Waals surface area contributed by atoms with Crippen molar-refractivity contribution in [3.63, 3.8) is 0 Å². The first-order chi connectivity index (χ1) is 8.65. The molecule has 0 aromatic rings. The highest BCUT2D eigenvalue weighted by Crippen LogP contribution is 2.18. The molecule has 2 rings (SSSR count). The van der Waals surface area contributed by atoms with Gasteiger partial charge in [0.2, 0.25) is 11.8 Å². The molecule has 1 heterocycles. The van der Waals surface area contributed by atoms with E-state index in [9.17, 15) is 9.59 Å². The number of amides is 2. The Morgan fingerprint density at radius 1 is 1.17 bits per heavy atom. The maximum atomic E-state index is 11.8. The summed E-state index contributed by atoms with van der Waals surface area (Å²) in [7, 11) is 0. The second-order valence-electron chi connectivity index (χ2n) is 5.19. The smallest absolute Gasteiger partial charge is 0.234 e. The van der Waals surface area contributed by atoms with Gasteiger partial charge in [0.05, 0.1) is 13.1 Å². The Morgan fingerprint density at radius 2 is 1.83 bits per heavy atom. The molecule has 0 spiro atoms. The molecule has 2 fully saturated rings. The molecule has 1 aliphatic heterocycles. The molecule has 1 saturated carbocycles. The Labute approximate surface area is 107 Å². The molecular weight excluding hydrogens is 232 g/mol. The van der Waals surface area contributed by atoms with Gasteiger partial charge in [-0.05, 0) is 38.8 Å². The van der Waals surface area contributed by atoms with Crippen molar-refractivity contribution in [1.82, 2.24) is 15.5 Å². The van der Waals surface area contributed by atoms with Crippen molar-refractivity contribution in [2.75, 3.05) is 26.2 Å². The van der Waals surface area contributed by atoms with Crippen LogP contribution in [0.3, 0.4) is 0 Å². The molecule has 1 saturated heterocycles. The number of piperidine rings is 1. The Bertz CT molecular complexity index is 311. The van der Waals surface area contributed by atoms with E-state index in [-0.39, 0.29) is 30.9 Å². The maximum absolute atomic E-state index is 11.8. The highest BCUT2D eigenvalue weighted by atomic mass is 16.2. The van der Waals surface area contributed by atoms with Crippen LogP contribution in [-0.4, -0.2) is 55.0 Å². The van der Waals surface area contributed by atoms with Gasteiger partial charge in [-0.25, -0.2) is 0 Å². The highest BCUT2D eigenvalue weighted by Gasteiger charge is 2.27. The summed E-state index contributed by atoms with van der Waals surface area (Å²) >= 11 is 0. The van der Waals surface area contributed by atoms with Crippen LogP contribution in [0, 0.1) is 0 Å². The zero-order chi connectivity index (χ0) is 13.0. The summed E-state index contributed by atoms with van der Waals surface area (Å²) in [6.07, 6.45) is 4.08. The topological polar surface area (TPSA) is 87.5 Å². The minimum Gasteiger partial charge on any atom is -0.369 e.